The summed E-state index contributed by atoms with van der Waals surface area (Å²) in [4.78, 5) is 16.6. The molecule has 3 N–H and O–H groups in total. The predicted molar refractivity (Wildman–Crippen MR) is 104 cm³/mol. The third-order valence-electron chi connectivity index (χ3n) is 5.77. The van der Waals surface area contributed by atoms with Crippen molar-refractivity contribution in [2.24, 2.45) is 0 Å². The van der Waals surface area contributed by atoms with E-state index < -0.39 is 11.7 Å². The second-order valence-corrected chi connectivity index (χ2v) is 7.78. The minimum absolute atomic E-state index is 0.0409. The number of alkyl halides is 3. The number of nitrogens with zero attached hydrogens (tertiary/aromatic N) is 3. The molecule has 2 aliphatic heterocycles. The molecule has 0 saturated carbocycles. The number of aromatic nitrogens is 2. The normalized spacial score (nSPS) is 22.9. The molecule has 30 heavy (non-hydrogen) atoms. The number of amides is 2. The Labute approximate surface area is 172 Å². The number of urea groups is 1. The van der Waals surface area contributed by atoms with E-state index in [2.05, 4.69) is 10.2 Å². The number of morpholine rings is 1. The number of nitrogen functional groups attached to an aromatic ring is 1. The van der Waals surface area contributed by atoms with Crippen LogP contribution in [0.1, 0.15) is 35.1 Å². The van der Waals surface area contributed by atoms with E-state index in [0.717, 1.165) is 23.4 Å². The smallest absolute Gasteiger partial charge is 0.382 e. The molecular weight excluding hydrogens is 399 g/mol. The van der Waals surface area contributed by atoms with Crippen LogP contribution in [0.2, 0.25) is 0 Å². The van der Waals surface area contributed by atoms with Gasteiger partial charge in [0.25, 0.3) is 0 Å². The lowest BCUT2D eigenvalue weighted by molar-refractivity contribution is -0.137. The van der Waals surface area contributed by atoms with Gasteiger partial charge in [-0.05, 0) is 24.1 Å². The Hall–Kier alpha value is -2.75. The van der Waals surface area contributed by atoms with Crippen LogP contribution in [0.4, 0.5) is 23.8 Å². The number of carbonyl (C=O) groups is 1. The van der Waals surface area contributed by atoms with E-state index in [0.29, 0.717) is 51.6 Å². The summed E-state index contributed by atoms with van der Waals surface area (Å²) < 4.78 is 44.1. The molecule has 0 radical (unpaired) electrons. The van der Waals surface area contributed by atoms with Crippen molar-refractivity contribution in [3.05, 3.63) is 47.2 Å². The summed E-state index contributed by atoms with van der Waals surface area (Å²) in [6.45, 7) is 3.01. The van der Waals surface area contributed by atoms with Crippen molar-refractivity contribution < 1.29 is 22.7 Å². The first kappa shape index (κ1) is 20.5. The van der Waals surface area contributed by atoms with Gasteiger partial charge < -0.3 is 20.3 Å². The Morgan fingerprint density at radius 3 is 2.37 bits per heavy atom. The first-order valence-corrected chi connectivity index (χ1v) is 9.91. The Balaban J connectivity index is 1.58. The number of aromatic amines is 1. The fourth-order valence-corrected chi connectivity index (χ4v) is 4.18. The standard InChI is InChI=1S/C20H24F3N5O2/c21-20(22,23)16-3-1-13(2-4-16)14-9-15(17-10-18(24)26-25-17)12-28(11-14)19(29)27-5-7-30-8-6-27/h1-4,10,14-15H,5-9,11-12H2,(H3,24,25,26). The second-order valence-electron chi connectivity index (χ2n) is 7.78. The fourth-order valence-electron chi connectivity index (χ4n) is 4.18. The van der Waals surface area contributed by atoms with Gasteiger partial charge in [-0.1, -0.05) is 12.1 Å². The molecule has 0 bridgehead atoms. The summed E-state index contributed by atoms with van der Waals surface area (Å²) in [5.74, 6) is 0.231. The van der Waals surface area contributed by atoms with Crippen molar-refractivity contribution in [1.82, 2.24) is 20.0 Å². The minimum Gasteiger partial charge on any atom is -0.382 e. The van der Waals surface area contributed by atoms with Gasteiger partial charge >= 0.3 is 12.2 Å². The number of likely N-dealkylation sites (tertiary alicyclic amines) is 1. The molecule has 1 aromatic carbocycles. The number of ether oxygens (including phenoxy) is 1. The van der Waals surface area contributed by atoms with Gasteiger partial charge in [0.15, 0.2) is 0 Å². The summed E-state index contributed by atoms with van der Waals surface area (Å²) in [7, 11) is 0. The maximum absolute atomic E-state index is 13.1. The van der Waals surface area contributed by atoms with Gasteiger partial charge in [-0.3, -0.25) is 5.10 Å². The molecule has 1 aromatic heterocycles. The molecule has 4 rings (SSSR count). The Morgan fingerprint density at radius 2 is 1.77 bits per heavy atom. The van der Waals surface area contributed by atoms with Gasteiger partial charge in [0.2, 0.25) is 0 Å². The van der Waals surface area contributed by atoms with E-state index >= 15 is 0 Å². The van der Waals surface area contributed by atoms with Crippen molar-refractivity contribution in [2.75, 3.05) is 45.1 Å². The monoisotopic (exact) mass is 423 g/mol. The predicted octanol–water partition coefficient (Wildman–Crippen LogP) is 3.04. The molecule has 2 fully saturated rings. The summed E-state index contributed by atoms with van der Waals surface area (Å²) >= 11 is 0. The number of rotatable bonds is 2. The molecule has 2 unspecified atom stereocenters. The van der Waals surface area contributed by atoms with Crippen LogP contribution in [0.5, 0.6) is 0 Å². The van der Waals surface area contributed by atoms with Gasteiger partial charge in [-0.15, -0.1) is 0 Å². The fraction of sp³-hybridized carbons (Fsp3) is 0.500. The number of benzene rings is 1. The molecule has 162 valence electrons. The van der Waals surface area contributed by atoms with Crippen molar-refractivity contribution in [3.8, 4) is 0 Å². The zero-order valence-corrected chi connectivity index (χ0v) is 16.4. The highest BCUT2D eigenvalue weighted by atomic mass is 19.4. The number of carbonyl (C=O) groups excluding carboxylic acids is 1. The zero-order chi connectivity index (χ0) is 21.3. The molecule has 0 spiro atoms. The molecule has 3 heterocycles. The number of halogens is 3. The number of nitrogens with one attached hydrogen (secondary N) is 1. The van der Waals surface area contributed by atoms with Crippen LogP contribution in [-0.2, 0) is 10.9 Å². The molecule has 10 heteroatoms. The lowest BCUT2D eigenvalue weighted by atomic mass is 9.83. The summed E-state index contributed by atoms with van der Waals surface area (Å²) in [6.07, 6.45) is -3.70. The number of hydrogen-bond acceptors (Lipinski definition) is 4. The molecule has 2 amide bonds. The van der Waals surface area contributed by atoms with E-state index in [1.165, 1.54) is 12.1 Å². The highest BCUT2D eigenvalue weighted by Gasteiger charge is 2.35. The van der Waals surface area contributed by atoms with Crippen LogP contribution in [0.3, 0.4) is 0 Å². The Bertz CT molecular complexity index is 877. The van der Waals surface area contributed by atoms with Crippen LogP contribution in [0.15, 0.2) is 30.3 Å². The maximum Gasteiger partial charge on any atom is 0.416 e. The Morgan fingerprint density at radius 1 is 1.10 bits per heavy atom. The SMILES string of the molecule is Nc1cc(C2CC(c3ccc(C(F)(F)F)cc3)CN(C(=O)N3CCOCC3)C2)[nH]n1. The van der Waals surface area contributed by atoms with Gasteiger partial charge in [-0.25, -0.2) is 4.79 Å². The minimum atomic E-state index is -4.38. The first-order chi connectivity index (χ1) is 14.3. The third-order valence-corrected chi connectivity index (χ3v) is 5.77. The molecule has 0 aliphatic carbocycles. The topological polar surface area (TPSA) is 87.5 Å². The van der Waals surface area contributed by atoms with Gasteiger partial charge in [0, 0.05) is 49.8 Å². The molecular formula is C20H24F3N5O2. The summed E-state index contributed by atoms with van der Waals surface area (Å²) in [6, 6.07) is 6.88. The largest absolute Gasteiger partial charge is 0.416 e. The van der Waals surface area contributed by atoms with Gasteiger partial charge in [-0.2, -0.15) is 18.3 Å². The Kier molecular flexibility index (Phi) is 5.59. The molecule has 2 aromatic rings. The molecule has 2 atom stereocenters. The van der Waals surface area contributed by atoms with Crippen molar-refractivity contribution in [2.45, 2.75) is 24.4 Å². The van der Waals surface area contributed by atoms with Crippen LogP contribution in [-0.4, -0.2) is 65.4 Å². The van der Waals surface area contributed by atoms with Crippen LogP contribution >= 0.6 is 0 Å². The van der Waals surface area contributed by atoms with E-state index in [1.54, 1.807) is 15.9 Å². The van der Waals surface area contributed by atoms with Crippen LogP contribution < -0.4 is 5.73 Å². The lowest BCUT2D eigenvalue weighted by Gasteiger charge is -2.41. The summed E-state index contributed by atoms with van der Waals surface area (Å²) in [5.41, 5.74) is 6.67. The number of piperidine rings is 1. The number of hydrogen-bond donors (Lipinski definition) is 2. The van der Waals surface area contributed by atoms with Crippen molar-refractivity contribution in [3.63, 3.8) is 0 Å². The average molecular weight is 423 g/mol. The van der Waals surface area contributed by atoms with E-state index in [1.807, 2.05) is 0 Å². The highest BCUT2D eigenvalue weighted by molar-refractivity contribution is 5.75. The van der Waals surface area contributed by atoms with Crippen LogP contribution in [0, 0.1) is 0 Å². The van der Waals surface area contributed by atoms with Gasteiger partial charge in [0.1, 0.15) is 5.82 Å². The number of nitrogens with two attached hydrogens (primary N) is 1. The maximum atomic E-state index is 13.1. The molecule has 2 aliphatic rings. The molecule has 7 nitrogen and oxygen atoms in total. The molecule has 2 saturated heterocycles. The van der Waals surface area contributed by atoms with Crippen molar-refractivity contribution in [1.29, 1.82) is 0 Å². The second kappa shape index (κ2) is 8.17. The first-order valence-electron chi connectivity index (χ1n) is 9.91. The number of H-pyrrole nitrogens is 1. The lowest BCUT2D eigenvalue weighted by Crippen LogP contribution is -2.52. The van der Waals surface area contributed by atoms with E-state index in [4.69, 9.17) is 10.5 Å². The van der Waals surface area contributed by atoms with Crippen LogP contribution in [0.25, 0.3) is 0 Å². The highest BCUT2D eigenvalue weighted by Crippen LogP contribution is 2.37. The quantitative estimate of drug-likeness (QED) is 0.777. The van der Waals surface area contributed by atoms with E-state index in [-0.39, 0.29) is 17.9 Å². The number of anilines is 1. The van der Waals surface area contributed by atoms with E-state index in [9.17, 15) is 18.0 Å². The summed E-state index contributed by atoms with van der Waals surface area (Å²) in [5, 5.41) is 6.91. The van der Waals surface area contributed by atoms with Crippen molar-refractivity contribution >= 4 is 11.8 Å². The average Bonchev–Trinajstić information content (AvgIpc) is 3.19. The third kappa shape index (κ3) is 4.38. The zero-order valence-electron chi connectivity index (χ0n) is 16.4. The van der Waals surface area contributed by atoms with Gasteiger partial charge in [0.05, 0.1) is 18.8 Å².